The Kier molecular flexibility index (Phi) is 4.31. The number of benzene rings is 1. The fourth-order valence-electron chi connectivity index (χ4n) is 1.59. The van der Waals surface area contributed by atoms with Gasteiger partial charge in [-0.25, -0.2) is 4.39 Å². The lowest BCUT2D eigenvalue weighted by Crippen LogP contribution is -1.98. The molecule has 0 saturated heterocycles. The maximum atomic E-state index is 13.5. The van der Waals surface area contributed by atoms with Crippen LogP contribution in [0.1, 0.15) is 51.2 Å². The van der Waals surface area contributed by atoms with Gasteiger partial charge in [0.15, 0.2) is 0 Å². The second kappa shape index (κ2) is 5.29. The van der Waals surface area contributed by atoms with E-state index in [9.17, 15) is 4.39 Å². The quantitative estimate of drug-likeness (QED) is 0.681. The molecule has 0 fully saturated rings. The minimum Gasteiger partial charge on any atom is -0.207 e. The molecule has 0 saturated carbocycles. The van der Waals surface area contributed by atoms with Gasteiger partial charge in [-0.05, 0) is 41.9 Å². The summed E-state index contributed by atoms with van der Waals surface area (Å²) in [4.78, 5) is 0. The van der Waals surface area contributed by atoms with E-state index in [1.165, 1.54) is 5.56 Å². The third-order valence-electron chi connectivity index (χ3n) is 2.73. The van der Waals surface area contributed by atoms with Crippen molar-refractivity contribution in [2.75, 3.05) is 0 Å². The molecule has 1 aromatic rings. The van der Waals surface area contributed by atoms with Crippen molar-refractivity contribution in [2.24, 2.45) is 5.92 Å². The molecule has 0 aliphatic heterocycles. The maximum absolute atomic E-state index is 13.5. The second-order valence-corrected chi connectivity index (χ2v) is 4.94. The largest absolute Gasteiger partial charge is 0.207 e. The van der Waals surface area contributed by atoms with Crippen molar-refractivity contribution in [3.05, 3.63) is 35.1 Å². The number of hydrogen-bond acceptors (Lipinski definition) is 0. The first-order chi connectivity index (χ1) is 7.00. The van der Waals surface area contributed by atoms with Crippen molar-refractivity contribution in [2.45, 2.75) is 46.5 Å². The van der Waals surface area contributed by atoms with Crippen LogP contribution in [-0.4, -0.2) is 0 Å². The van der Waals surface area contributed by atoms with Crippen LogP contribution in [0.25, 0.3) is 0 Å². The van der Waals surface area contributed by atoms with Crippen LogP contribution in [0.5, 0.6) is 0 Å². The third kappa shape index (κ3) is 3.65. The van der Waals surface area contributed by atoms with Crippen LogP contribution >= 0.6 is 0 Å². The van der Waals surface area contributed by atoms with Crippen LogP contribution in [0, 0.1) is 11.7 Å². The fourth-order valence-corrected chi connectivity index (χ4v) is 1.59. The Balaban J connectivity index is 2.81. The summed E-state index contributed by atoms with van der Waals surface area (Å²) >= 11 is 0. The molecule has 1 heteroatoms. The van der Waals surface area contributed by atoms with Crippen molar-refractivity contribution in [1.29, 1.82) is 0 Å². The van der Waals surface area contributed by atoms with E-state index in [1.54, 1.807) is 6.07 Å². The van der Waals surface area contributed by atoms with Crippen LogP contribution < -0.4 is 0 Å². The minimum atomic E-state index is -0.0555. The number of hydrogen-bond donors (Lipinski definition) is 0. The SMILES string of the molecule is CC(C)CCc1cc(C(C)C)ccc1F. The first-order valence-electron chi connectivity index (χ1n) is 5.79. The highest BCUT2D eigenvalue weighted by Crippen LogP contribution is 2.20. The molecule has 0 nitrogen and oxygen atoms in total. The first-order valence-corrected chi connectivity index (χ1v) is 5.79. The van der Waals surface area contributed by atoms with Crippen LogP contribution in [0.2, 0.25) is 0 Å². The molecule has 0 heterocycles. The summed E-state index contributed by atoms with van der Waals surface area (Å²) in [5.41, 5.74) is 2.10. The molecule has 0 aliphatic carbocycles. The molecule has 0 unspecified atom stereocenters. The van der Waals surface area contributed by atoms with Crippen molar-refractivity contribution in [1.82, 2.24) is 0 Å². The average Bonchev–Trinajstić information content (AvgIpc) is 2.16. The summed E-state index contributed by atoms with van der Waals surface area (Å²) < 4.78 is 13.5. The molecular formula is C14H21F. The average molecular weight is 208 g/mol. The predicted molar refractivity (Wildman–Crippen MR) is 63.6 cm³/mol. The molecule has 0 bridgehead atoms. The Hall–Kier alpha value is -0.850. The monoisotopic (exact) mass is 208 g/mol. The smallest absolute Gasteiger partial charge is 0.126 e. The summed E-state index contributed by atoms with van der Waals surface area (Å²) in [5, 5.41) is 0. The van der Waals surface area contributed by atoms with E-state index in [0.717, 1.165) is 18.4 Å². The van der Waals surface area contributed by atoms with Crippen LogP contribution in [0.3, 0.4) is 0 Å². The lowest BCUT2D eigenvalue weighted by molar-refractivity contribution is 0.557. The van der Waals surface area contributed by atoms with Gasteiger partial charge in [-0.2, -0.15) is 0 Å². The summed E-state index contributed by atoms with van der Waals surface area (Å²) in [7, 11) is 0. The zero-order valence-corrected chi connectivity index (χ0v) is 10.2. The van der Waals surface area contributed by atoms with Gasteiger partial charge in [-0.1, -0.05) is 39.8 Å². The van der Waals surface area contributed by atoms with E-state index in [2.05, 4.69) is 27.7 Å². The Bertz CT molecular complexity index is 313. The third-order valence-corrected chi connectivity index (χ3v) is 2.73. The van der Waals surface area contributed by atoms with E-state index in [4.69, 9.17) is 0 Å². The fraction of sp³-hybridized carbons (Fsp3) is 0.571. The number of halogens is 1. The summed E-state index contributed by atoms with van der Waals surface area (Å²) in [6, 6.07) is 5.51. The lowest BCUT2D eigenvalue weighted by Gasteiger charge is -2.10. The Morgan fingerprint density at radius 3 is 2.33 bits per heavy atom. The van der Waals surface area contributed by atoms with Gasteiger partial charge in [0.2, 0.25) is 0 Å². The minimum absolute atomic E-state index is 0.0555. The molecule has 1 aromatic carbocycles. The van der Waals surface area contributed by atoms with E-state index in [0.29, 0.717) is 11.8 Å². The van der Waals surface area contributed by atoms with Gasteiger partial charge in [0.05, 0.1) is 0 Å². The highest BCUT2D eigenvalue weighted by molar-refractivity contribution is 5.27. The van der Waals surface area contributed by atoms with Crippen LogP contribution in [0.15, 0.2) is 18.2 Å². The predicted octanol–water partition coefficient (Wildman–Crippen LogP) is 4.54. The van der Waals surface area contributed by atoms with Gasteiger partial charge in [0.1, 0.15) is 5.82 Å². The highest BCUT2D eigenvalue weighted by atomic mass is 19.1. The van der Waals surface area contributed by atoms with E-state index < -0.39 is 0 Å². The number of rotatable bonds is 4. The van der Waals surface area contributed by atoms with Gasteiger partial charge in [0, 0.05) is 0 Å². The topological polar surface area (TPSA) is 0 Å². The molecule has 0 aromatic heterocycles. The Labute approximate surface area is 92.5 Å². The molecular weight excluding hydrogens is 187 g/mol. The normalized spacial score (nSPS) is 11.4. The Morgan fingerprint density at radius 1 is 1.13 bits per heavy atom. The van der Waals surface area contributed by atoms with Crippen molar-refractivity contribution >= 4 is 0 Å². The molecule has 1 rings (SSSR count). The maximum Gasteiger partial charge on any atom is 0.126 e. The highest BCUT2D eigenvalue weighted by Gasteiger charge is 2.06. The first kappa shape index (κ1) is 12.2. The molecule has 0 N–H and O–H groups in total. The van der Waals surface area contributed by atoms with E-state index >= 15 is 0 Å². The molecule has 0 spiro atoms. The summed E-state index contributed by atoms with van der Waals surface area (Å²) in [6.07, 6.45) is 1.91. The van der Waals surface area contributed by atoms with Gasteiger partial charge in [0.25, 0.3) is 0 Å². The molecule has 15 heavy (non-hydrogen) atoms. The molecule has 84 valence electrons. The zero-order chi connectivity index (χ0) is 11.4. The number of aryl methyl sites for hydroxylation is 1. The van der Waals surface area contributed by atoms with E-state index in [-0.39, 0.29) is 5.82 Å². The zero-order valence-electron chi connectivity index (χ0n) is 10.2. The van der Waals surface area contributed by atoms with Crippen molar-refractivity contribution in [3.8, 4) is 0 Å². The summed E-state index contributed by atoms with van der Waals surface area (Å²) in [5.74, 6) is 1.05. The van der Waals surface area contributed by atoms with Crippen molar-refractivity contribution < 1.29 is 4.39 Å². The summed E-state index contributed by atoms with van der Waals surface area (Å²) in [6.45, 7) is 8.62. The van der Waals surface area contributed by atoms with Crippen LogP contribution in [0.4, 0.5) is 4.39 Å². The van der Waals surface area contributed by atoms with Gasteiger partial charge in [-0.15, -0.1) is 0 Å². The van der Waals surface area contributed by atoms with E-state index in [1.807, 2.05) is 12.1 Å². The lowest BCUT2D eigenvalue weighted by atomic mass is 9.96. The molecule has 0 amide bonds. The molecule has 0 atom stereocenters. The van der Waals surface area contributed by atoms with Gasteiger partial charge in [-0.3, -0.25) is 0 Å². The standard InChI is InChI=1S/C14H21F/c1-10(2)5-6-13-9-12(11(3)4)7-8-14(13)15/h7-11H,5-6H2,1-4H3. The second-order valence-electron chi connectivity index (χ2n) is 4.94. The molecule has 0 aliphatic rings. The van der Waals surface area contributed by atoms with Crippen LogP contribution in [-0.2, 0) is 6.42 Å². The van der Waals surface area contributed by atoms with Gasteiger partial charge < -0.3 is 0 Å². The molecule has 0 radical (unpaired) electrons. The Morgan fingerprint density at radius 2 is 1.80 bits per heavy atom. The van der Waals surface area contributed by atoms with Crippen molar-refractivity contribution in [3.63, 3.8) is 0 Å². The van der Waals surface area contributed by atoms with Gasteiger partial charge >= 0.3 is 0 Å².